The lowest BCUT2D eigenvalue weighted by molar-refractivity contribution is 0.249. The molecule has 0 amide bonds. The van der Waals surface area contributed by atoms with Crippen LogP contribution in [0.5, 0.6) is 0 Å². The van der Waals surface area contributed by atoms with Gasteiger partial charge in [-0.3, -0.25) is 4.90 Å². The summed E-state index contributed by atoms with van der Waals surface area (Å²) in [6, 6.07) is 13.7. The summed E-state index contributed by atoms with van der Waals surface area (Å²) in [4.78, 5) is 13.6. The topological polar surface area (TPSA) is 45.4 Å². The standard InChI is InChI=1S/C21H18Cl2N4O/c22-15-6-5-14(17(23)11-15)12-26-7-9-27(10-8-26)21-20-19(24-13-25-21)16-3-1-2-4-18(16)28-20/h1-6,11,13H,7-10,12H2. The van der Waals surface area contributed by atoms with Crippen molar-refractivity contribution >= 4 is 51.1 Å². The quantitative estimate of drug-likeness (QED) is 0.473. The molecule has 7 heteroatoms. The van der Waals surface area contributed by atoms with Crippen LogP contribution in [0.4, 0.5) is 5.82 Å². The Hall–Kier alpha value is -2.34. The van der Waals surface area contributed by atoms with Gasteiger partial charge >= 0.3 is 0 Å². The molecule has 0 unspecified atom stereocenters. The number of para-hydroxylation sites is 1. The molecule has 1 saturated heterocycles. The average molecular weight is 413 g/mol. The van der Waals surface area contributed by atoms with Gasteiger partial charge in [0.25, 0.3) is 0 Å². The molecule has 0 saturated carbocycles. The zero-order chi connectivity index (χ0) is 19.1. The molecule has 0 aliphatic carbocycles. The van der Waals surface area contributed by atoms with E-state index < -0.39 is 0 Å². The Balaban J connectivity index is 1.35. The van der Waals surface area contributed by atoms with Crippen molar-refractivity contribution in [3.63, 3.8) is 0 Å². The lowest BCUT2D eigenvalue weighted by atomic mass is 10.2. The molecule has 1 aliphatic heterocycles. The van der Waals surface area contributed by atoms with E-state index in [1.165, 1.54) is 0 Å². The van der Waals surface area contributed by atoms with Crippen LogP contribution >= 0.6 is 23.2 Å². The molecule has 0 radical (unpaired) electrons. The normalized spacial score (nSPS) is 15.6. The van der Waals surface area contributed by atoms with E-state index in [9.17, 15) is 0 Å². The summed E-state index contributed by atoms with van der Waals surface area (Å²) < 4.78 is 6.08. The number of halogens is 2. The fourth-order valence-corrected chi connectivity index (χ4v) is 4.21. The van der Waals surface area contributed by atoms with Gasteiger partial charge in [0, 0.05) is 48.2 Å². The second kappa shape index (κ2) is 7.24. The first-order chi connectivity index (χ1) is 13.7. The van der Waals surface area contributed by atoms with Gasteiger partial charge in [0.1, 0.15) is 17.4 Å². The third-order valence-electron chi connectivity index (χ3n) is 5.22. The number of hydrogen-bond donors (Lipinski definition) is 0. The number of anilines is 1. The third-order valence-corrected chi connectivity index (χ3v) is 5.81. The maximum absolute atomic E-state index is 6.33. The van der Waals surface area contributed by atoms with Crippen molar-refractivity contribution < 1.29 is 4.42 Å². The van der Waals surface area contributed by atoms with Crippen molar-refractivity contribution in [2.45, 2.75) is 6.54 Å². The summed E-state index contributed by atoms with van der Waals surface area (Å²) in [5, 5.41) is 2.41. The minimum Gasteiger partial charge on any atom is -0.450 e. The number of furan rings is 1. The molecule has 142 valence electrons. The van der Waals surface area contributed by atoms with Gasteiger partial charge in [-0.1, -0.05) is 41.4 Å². The molecule has 0 bridgehead atoms. The fourth-order valence-electron chi connectivity index (χ4n) is 3.75. The van der Waals surface area contributed by atoms with Crippen LogP contribution in [0.2, 0.25) is 10.0 Å². The molecular formula is C21H18Cl2N4O. The Morgan fingerprint density at radius 3 is 2.61 bits per heavy atom. The molecule has 0 atom stereocenters. The van der Waals surface area contributed by atoms with Crippen LogP contribution in [0.15, 0.2) is 53.2 Å². The smallest absolute Gasteiger partial charge is 0.196 e. The molecule has 28 heavy (non-hydrogen) atoms. The predicted molar refractivity (Wildman–Crippen MR) is 113 cm³/mol. The summed E-state index contributed by atoms with van der Waals surface area (Å²) in [6.07, 6.45) is 1.62. The number of rotatable bonds is 3. The molecule has 0 spiro atoms. The van der Waals surface area contributed by atoms with E-state index in [2.05, 4.69) is 19.8 Å². The first kappa shape index (κ1) is 17.7. The summed E-state index contributed by atoms with van der Waals surface area (Å²) in [5.41, 5.74) is 3.57. The molecule has 3 heterocycles. The van der Waals surface area contributed by atoms with Crippen LogP contribution < -0.4 is 4.90 Å². The van der Waals surface area contributed by atoms with Gasteiger partial charge in [-0.2, -0.15) is 0 Å². The zero-order valence-electron chi connectivity index (χ0n) is 15.1. The van der Waals surface area contributed by atoms with E-state index >= 15 is 0 Å². The van der Waals surface area contributed by atoms with Crippen molar-refractivity contribution in [3.05, 3.63) is 64.4 Å². The van der Waals surface area contributed by atoms with Crippen molar-refractivity contribution in [1.29, 1.82) is 0 Å². The highest BCUT2D eigenvalue weighted by atomic mass is 35.5. The molecular weight excluding hydrogens is 395 g/mol. The minimum absolute atomic E-state index is 0.664. The monoisotopic (exact) mass is 412 g/mol. The van der Waals surface area contributed by atoms with Crippen molar-refractivity contribution in [2.24, 2.45) is 0 Å². The maximum Gasteiger partial charge on any atom is 0.196 e. The van der Waals surface area contributed by atoms with Crippen LogP contribution in [0, 0.1) is 0 Å². The third kappa shape index (κ3) is 3.20. The average Bonchev–Trinajstić information content (AvgIpc) is 3.10. The first-order valence-corrected chi connectivity index (χ1v) is 9.98. The Kier molecular flexibility index (Phi) is 4.59. The Bertz CT molecular complexity index is 1150. The van der Waals surface area contributed by atoms with Gasteiger partial charge in [-0.05, 0) is 29.8 Å². The molecule has 2 aromatic heterocycles. The van der Waals surface area contributed by atoms with Crippen molar-refractivity contribution in [2.75, 3.05) is 31.1 Å². The lowest BCUT2D eigenvalue weighted by Crippen LogP contribution is -2.46. The van der Waals surface area contributed by atoms with E-state index in [1.54, 1.807) is 12.4 Å². The SMILES string of the molecule is Clc1ccc(CN2CCN(c3ncnc4c3oc3ccccc34)CC2)c(Cl)c1. The number of benzene rings is 2. The largest absolute Gasteiger partial charge is 0.450 e. The molecule has 2 aromatic carbocycles. The summed E-state index contributed by atoms with van der Waals surface area (Å²) in [6.45, 7) is 4.39. The highest BCUT2D eigenvalue weighted by Gasteiger charge is 2.23. The molecule has 1 aliphatic rings. The van der Waals surface area contributed by atoms with Crippen LogP contribution in [-0.2, 0) is 6.54 Å². The molecule has 5 nitrogen and oxygen atoms in total. The van der Waals surface area contributed by atoms with Crippen LogP contribution in [0.1, 0.15) is 5.56 Å². The van der Waals surface area contributed by atoms with Crippen LogP contribution in [0.25, 0.3) is 22.1 Å². The van der Waals surface area contributed by atoms with Crippen molar-refractivity contribution in [1.82, 2.24) is 14.9 Å². The van der Waals surface area contributed by atoms with E-state index in [4.69, 9.17) is 27.6 Å². The van der Waals surface area contributed by atoms with Gasteiger partial charge in [0.2, 0.25) is 0 Å². The Morgan fingerprint density at radius 1 is 0.964 bits per heavy atom. The molecule has 5 rings (SSSR count). The summed E-state index contributed by atoms with van der Waals surface area (Å²) >= 11 is 12.3. The van der Waals surface area contributed by atoms with E-state index in [0.717, 1.165) is 71.2 Å². The maximum atomic E-state index is 6.33. The molecule has 4 aromatic rings. The number of piperazine rings is 1. The van der Waals surface area contributed by atoms with Gasteiger partial charge in [-0.25, -0.2) is 9.97 Å². The lowest BCUT2D eigenvalue weighted by Gasteiger charge is -2.35. The van der Waals surface area contributed by atoms with Crippen LogP contribution in [0.3, 0.4) is 0 Å². The second-order valence-corrected chi connectivity index (χ2v) is 7.82. The first-order valence-electron chi connectivity index (χ1n) is 9.22. The van der Waals surface area contributed by atoms with E-state index in [0.29, 0.717) is 5.02 Å². The fraction of sp³-hybridized carbons (Fsp3) is 0.238. The molecule has 0 N–H and O–H groups in total. The van der Waals surface area contributed by atoms with Crippen molar-refractivity contribution in [3.8, 4) is 0 Å². The second-order valence-electron chi connectivity index (χ2n) is 6.97. The number of nitrogens with zero attached hydrogens (tertiary/aromatic N) is 4. The predicted octanol–water partition coefficient (Wildman–Crippen LogP) is 5.01. The summed E-state index contributed by atoms with van der Waals surface area (Å²) in [7, 11) is 0. The van der Waals surface area contributed by atoms with Gasteiger partial charge in [0.05, 0.1) is 0 Å². The van der Waals surface area contributed by atoms with Gasteiger partial charge in [0.15, 0.2) is 11.4 Å². The Labute approximate surface area is 172 Å². The van der Waals surface area contributed by atoms with Gasteiger partial charge < -0.3 is 9.32 Å². The van der Waals surface area contributed by atoms with Gasteiger partial charge in [-0.15, -0.1) is 0 Å². The highest BCUT2D eigenvalue weighted by molar-refractivity contribution is 6.35. The zero-order valence-corrected chi connectivity index (χ0v) is 16.6. The van der Waals surface area contributed by atoms with E-state index in [-0.39, 0.29) is 0 Å². The Morgan fingerprint density at radius 2 is 1.79 bits per heavy atom. The molecule has 1 fully saturated rings. The number of fused-ring (bicyclic) bond motifs is 3. The number of aromatic nitrogens is 2. The van der Waals surface area contributed by atoms with E-state index in [1.807, 2.05) is 36.4 Å². The summed E-state index contributed by atoms with van der Waals surface area (Å²) in [5.74, 6) is 0.866. The number of hydrogen-bond acceptors (Lipinski definition) is 5. The van der Waals surface area contributed by atoms with Crippen LogP contribution in [-0.4, -0.2) is 41.0 Å². The minimum atomic E-state index is 0.664. The highest BCUT2D eigenvalue weighted by Crippen LogP contribution is 2.32.